The number of halogens is 1. The molecule has 0 amide bonds. The molecule has 1 heterocycles. The third kappa shape index (κ3) is 4.20. The van der Waals surface area contributed by atoms with Gasteiger partial charge in [-0.25, -0.2) is 0 Å². The molecule has 0 radical (unpaired) electrons. The van der Waals surface area contributed by atoms with Gasteiger partial charge in [-0.15, -0.1) is 11.8 Å². The summed E-state index contributed by atoms with van der Waals surface area (Å²) in [6.07, 6.45) is 2.06. The van der Waals surface area contributed by atoms with Crippen LogP contribution in [0, 0.1) is 0 Å². The summed E-state index contributed by atoms with van der Waals surface area (Å²) in [5.74, 6) is 0.757. The van der Waals surface area contributed by atoms with E-state index in [-0.39, 0.29) is 0 Å². The van der Waals surface area contributed by atoms with Crippen molar-refractivity contribution in [3.63, 3.8) is 0 Å². The summed E-state index contributed by atoms with van der Waals surface area (Å²) >= 11 is 13.3. The number of thioether (sulfide) groups is 1. The van der Waals surface area contributed by atoms with E-state index < -0.39 is 0 Å². The topological polar surface area (TPSA) is 39.7 Å². The van der Waals surface area contributed by atoms with E-state index in [9.17, 15) is 0 Å². The fraction of sp³-hybridized carbons (Fsp3) is 0.176. The number of hydrogen-bond donors (Lipinski definition) is 2. The van der Waals surface area contributed by atoms with Crippen molar-refractivity contribution in [2.75, 3.05) is 30.0 Å². The van der Waals surface area contributed by atoms with Gasteiger partial charge in [-0.1, -0.05) is 23.7 Å². The highest BCUT2D eigenvalue weighted by Gasteiger charge is 2.21. The van der Waals surface area contributed by atoms with Crippen LogP contribution < -0.4 is 10.6 Å². The van der Waals surface area contributed by atoms with Crippen molar-refractivity contribution in [3.8, 4) is 0 Å². The number of hydrogen-bond acceptors (Lipinski definition) is 4. The van der Waals surface area contributed by atoms with E-state index in [1.165, 1.54) is 4.90 Å². The average molecular weight is 377 g/mol. The maximum Gasteiger partial charge on any atom is 0.204 e. The van der Waals surface area contributed by atoms with Gasteiger partial charge >= 0.3 is 0 Å². The molecule has 0 aromatic heterocycles. The fourth-order valence-corrected chi connectivity index (χ4v) is 3.28. The van der Waals surface area contributed by atoms with Crippen LogP contribution in [0.4, 0.5) is 11.4 Å². The van der Waals surface area contributed by atoms with E-state index in [0.29, 0.717) is 16.7 Å². The highest BCUT2D eigenvalue weighted by atomic mass is 35.5. The Morgan fingerprint density at radius 1 is 1.21 bits per heavy atom. The highest BCUT2D eigenvalue weighted by Crippen LogP contribution is 2.20. The maximum absolute atomic E-state index is 6.02. The summed E-state index contributed by atoms with van der Waals surface area (Å²) in [6.45, 7) is 1.46. The molecule has 0 spiro atoms. The first kappa shape index (κ1) is 17.1. The van der Waals surface area contributed by atoms with Crippen molar-refractivity contribution in [1.82, 2.24) is 4.90 Å². The molecule has 2 N–H and O–H groups in total. The van der Waals surface area contributed by atoms with Gasteiger partial charge in [0.05, 0.1) is 6.54 Å². The number of thiocarbonyl (C=S) groups is 1. The van der Waals surface area contributed by atoms with Crippen LogP contribution in [0.15, 0.2) is 58.4 Å². The number of aliphatic imine (C=N–C) groups is 1. The minimum atomic E-state index is 0.599. The Kier molecular flexibility index (Phi) is 5.60. The molecule has 1 aliphatic heterocycles. The summed E-state index contributed by atoms with van der Waals surface area (Å²) in [6, 6.07) is 15.7. The Hall–Kier alpha value is -1.76. The van der Waals surface area contributed by atoms with Gasteiger partial charge in [0, 0.05) is 27.8 Å². The lowest BCUT2D eigenvalue weighted by atomic mass is 10.3. The van der Waals surface area contributed by atoms with Gasteiger partial charge in [-0.3, -0.25) is 9.89 Å². The summed E-state index contributed by atoms with van der Waals surface area (Å²) in [5, 5.41) is 7.83. The van der Waals surface area contributed by atoms with Crippen molar-refractivity contribution >= 4 is 58.0 Å². The van der Waals surface area contributed by atoms with Gasteiger partial charge < -0.3 is 10.6 Å². The van der Waals surface area contributed by atoms with Gasteiger partial charge in [0.25, 0.3) is 0 Å². The van der Waals surface area contributed by atoms with Crippen molar-refractivity contribution < 1.29 is 0 Å². The van der Waals surface area contributed by atoms with Crippen molar-refractivity contribution in [2.45, 2.75) is 4.90 Å². The van der Waals surface area contributed by atoms with Crippen LogP contribution in [0.5, 0.6) is 0 Å². The Labute approximate surface area is 156 Å². The number of nitrogens with one attached hydrogen (secondary N) is 2. The minimum absolute atomic E-state index is 0.599. The average Bonchev–Trinajstić information content (AvgIpc) is 3.03. The zero-order chi connectivity index (χ0) is 16.9. The summed E-state index contributed by atoms with van der Waals surface area (Å²) in [7, 11) is 0. The second-order valence-electron chi connectivity index (χ2n) is 5.15. The van der Waals surface area contributed by atoms with Crippen LogP contribution >= 0.6 is 35.6 Å². The zero-order valence-electron chi connectivity index (χ0n) is 13.1. The molecule has 0 aliphatic carbocycles. The summed E-state index contributed by atoms with van der Waals surface area (Å²) in [5.41, 5.74) is 1.86. The fourth-order valence-electron chi connectivity index (χ4n) is 2.34. The van der Waals surface area contributed by atoms with Gasteiger partial charge in [-0.05, 0) is 54.9 Å². The minimum Gasteiger partial charge on any atom is -0.332 e. The van der Waals surface area contributed by atoms with E-state index >= 15 is 0 Å². The van der Waals surface area contributed by atoms with Crippen LogP contribution in [0.2, 0.25) is 5.02 Å². The lowest BCUT2D eigenvalue weighted by Crippen LogP contribution is -2.40. The third-order valence-electron chi connectivity index (χ3n) is 3.49. The molecule has 0 bridgehead atoms. The normalized spacial score (nSPS) is 13.6. The van der Waals surface area contributed by atoms with Crippen molar-refractivity contribution in [2.24, 2.45) is 4.99 Å². The van der Waals surface area contributed by atoms with Crippen LogP contribution in [-0.4, -0.2) is 35.3 Å². The number of nitrogens with zero attached hydrogens (tertiary/aromatic N) is 2. The Balaban J connectivity index is 1.69. The molecule has 0 saturated carbocycles. The van der Waals surface area contributed by atoms with Crippen molar-refractivity contribution in [3.05, 3.63) is 53.6 Å². The van der Waals surface area contributed by atoms with E-state index in [4.69, 9.17) is 23.8 Å². The SMILES string of the molecule is CSc1cccc(NC2=NCCN2C(=S)Nc2cccc(Cl)c2)c1. The molecule has 7 heteroatoms. The lowest BCUT2D eigenvalue weighted by Gasteiger charge is -2.22. The summed E-state index contributed by atoms with van der Waals surface area (Å²) in [4.78, 5) is 7.68. The molecule has 2 aromatic rings. The molecule has 0 fully saturated rings. The van der Waals surface area contributed by atoms with Gasteiger partial charge in [-0.2, -0.15) is 0 Å². The quantitative estimate of drug-likeness (QED) is 0.607. The van der Waals surface area contributed by atoms with E-state index in [1.54, 1.807) is 11.8 Å². The molecule has 0 unspecified atom stereocenters. The molecule has 3 rings (SSSR count). The zero-order valence-corrected chi connectivity index (χ0v) is 15.5. The van der Waals surface area contributed by atoms with Crippen LogP contribution in [0.1, 0.15) is 0 Å². The monoisotopic (exact) mass is 376 g/mol. The summed E-state index contributed by atoms with van der Waals surface area (Å²) < 4.78 is 0. The van der Waals surface area contributed by atoms with E-state index in [1.807, 2.05) is 41.3 Å². The third-order valence-corrected chi connectivity index (χ3v) is 4.77. The molecular weight excluding hydrogens is 360 g/mol. The molecule has 0 saturated heterocycles. The Bertz CT molecular complexity index is 779. The van der Waals surface area contributed by atoms with E-state index in [0.717, 1.165) is 23.9 Å². The maximum atomic E-state index is 6.02. The van der Waals surface area contributed by atoms with Gasteiger partial charge in [0.1, 0.15) is 0 Å². The standard InChI is InChI=1S/C17H17ClN4S2/c1-24-15-7-3-6-14(11-15)20-16-19-8-9-22(16)17(23)21-13-5-2-4-12(18)10-13/h2-7,10-11H,8-9H2,1H3,(H,19,20)(H,21,23). The first-order chi connectivity index (χ1) is 11.7. The van der Waals surface area contributed by atoms with Crippen LogP contribution in [0.3, 0.4) is 0 Å². The largest absolute Gasteiger partial charge is 0.332 e. The first-order valence-corrected chi connectivity index (χ1v) is 9.46. The number of rotatable bonds is 3. The smallest absolute Gasteiger partial charge is 0.204 e. The second kappa shape index (κ2) is 7.88. The molecule has 0 atom stereocenters. The molecule has 124 valence electrons. The Morgan fingerprint density at radius 2 is 2.00 bits per heavy atom. The predicted molar refractivity (Wildman–Crippen MR) is 109 cm³/mol. The molecule has 24 heavy (non-hydrogen) atoms. The number of guanidine groups is 1. The Morgan fingerprint density at radius 3 is 2.79 bits per heavy atom. The van der Waals surface area contributed by atoms with Crippen LogP contribution in [0.25, 0.3) is 0 Å². The van der Waals surface area contributed by atoms with Gasteiger partial charge in [0.15, 0.2) is 5.11 Å². The molecular formula is C17H17ClN4S2. The highest BCUT2D eigenvalue weighted by molar-refractivity contribution is 7.98. The number of anilines is 2. The van der Waals surface area contributed by atoms with Crippen molar-refractivity contribution in [1.29, 1.82) is 0 Å². The second-order valence-corrected chi connectivity index (χ2v) is 6.86. The molecule has 1 aliphatic rings. The first-order valence-electron chi connectivity index (χ1n) is 7.45. The van der Waals surface area contributed by atoms with Gasteiger partial charge in [0.2, 0.25) is 5.96 Å². The number of benzene rings is 2. The van der Waals surface area contributed by atoms with Crippen LogP contribution in [-0.2, 0) is 0 Å². The molecule has 4 nitrogen and oxygen atoms in total. The lowest BCUT2D eigenvalue weighted by molar-refractivity contribution is 0.674. The predicted octanol–water partition coefficient (Wildman–Crippen LogP) is 4.54. The molecule has 2 aromatic carbocycles. The van der Waals surface area contributed by atoms with E-state index in [2.05, 4.69) is 34.0 Å².